The fraction of sp³-hybridized carbons (Fsp3) is 0.571. The number of benzene rings is 1. The minimum atomic E-state index is -0.816. The second-order valence-corrected chi connectivity index (χ2v) is 4.45. The van der Waals surface area contributed by atoms with Crippen molar-refractivity contribution in [3.05, 3.63) is 35.4 Å². The van der Waals surface area contributed by atoms with Gasteiger partial charge >= 0.3 is 0 Å². The second kappa shape index (κ2) is 7.38. The first-order chi connectivity index (χ1) is 8.16. The predicted molar refractivity (Wildman–Crippen MR) is 66.7 cm³/mol. The first kappa shape index (κ1) is 14.1. The van der Waals surface area contributed by atoms with Gasteiger partial charge in [0.2, 0.25) is 0 Å². The van der Waals surface area contributed by atoms with E-state index in [1.165, 1.54) is 25.3 Å². The minimum Gasteiger partial charge on any atom is -0.324 e. The lowest BCUT2D eigenvalue weighted by Gasteiger charge is -2.13. The quantitative estimate of drug-likeness (QED) is 0.707. The molecule has 0 spiro atoms. The molecule has 0 aliphatic rings. The summed E-state index contributed by atoms with van der Waals surface area (Å²) in [5, 5.41) is 0. The number of hydrogen-bond donors (Lipinski definition) is 1. The van der Waals surface area contributed by atoms with Gasteiger partial charge in [-0.2, -0.15) is 0 Å². The summed E-state index contributed by atoms with van der Waals surface area (Å²) in [6.07, 6.45) is 6.41. The maximum absolute atomic E-state index is 13.4. The smallest absolute Gasteiger partial charge is 0.163 e. The van der Waals surface area contributed by atoms with E-state index in [2.05, 4.69) is 6.92 Å². The molecule has 0 aromatic heterocycles. The maximum Gasteiger partial charge on any atom is 0.163 e. The minimum absolute atomic E-state index is 0.292. The summed E-state index contributed by atoms with van der Waals surface area (Å²) in [4.78, 5) is 0. The molecular formula is C14H21F2N. The summed E-state index contributed by atoms with van der Waals surface area (Å²) < 4.78 is 26.4. The first-order valence-corrected chi connectivity index (χ1v) is 6.36. The SMILES string of the molecule is CCCCCCCC(N)c1cccc(F)c1F. The molecule has 1 atom stereocenters. The third-order valence-electron chi connectivity index (χ3n) is 3.00. The Balaban J connectivity index is 2.41. The summed E-state index contributed by atoms with van der Waals surface area (Å²) in [6, 6.07) is 3.79. The molecule has 1 unspecified atom stereocenters. The first-order valence-electron chi connectivity index (χ1n) is 6.36. The van der Waals surface area contributed by atoms with Crippen LogP contribution in [0.3, 0.4) is 0 Å². The largest absolute Gasteiger partial charge is 0.324 e. The topological polar surface area (TPSA) is 26.0 Å². The monoisotopic (exact) mass is 241 g/mol. The molecule has 17 heavy (non-hydrogen) atoms. The predicted octanol–water partition coefficient (Wildman–Crippen LogP) is 4.33. The van der Waals surface area contributed by atoms with E-state index in [1.54, 1.807) is 6.07 Å². The van der Waals surface area contributed by atoms with E-state index < -0.39 is 17.7 Å². The second-order valence-electron chi connectivity index (χ2n) is 4.45. The van der Waals surface area contributed by atoms with Crippen LogP contribution in [0.4, 0.5) is 8.78 Å². The van der Waals surface area contributed by atoms with Gasteiger partial charge in [-0.15, -0.1) is 0 Å². The molecule has 0 heterocycles. The van der Waals surface area contributed by atoms with Gasteiger partial charge in [-0.1, -0.05) is 51.2 Å². The lowest BCUT2D eigenvalue weighted by Crippen LogP contribution is -2.12. The van der Waals surface area contributed by atoms with Crippen molar-refractivity contribution in [1.82, 2.24) is 0 Å². The normalized spacial score (nSPS) is 12.7. The zero-order valence-corrected chi connectivity index (χ0v) is 10.4. The van der Waals surface area contributed by atoms with E-state index in [-0.39, 0.29) is 0 Å². The Kier molecular flexibility index (Phi) is 6.12. The molecule has 0 saturated carbocycles. The van der Waals surface area contributed by atoms with Gasteiger partial charge < -0.3 is 5.73 Å². The third kappa shape index (κ3) is 4.43. The summed E-state index contributed by atoms with van der Waals surface area (Å²) in [5.41, 5.74) is 6.16. The molecule has 1 nitrogen and oxygen atoms in total. The fourth-order valence-corrected chi connectivity index (χ4v) is 1.93. The molecule has 0 aliphatic heterocycles. The van der Waals surface area contributed by atoms with Crippen molar-refractivity contribution in [2.24, 2.45) is 5.73 Å². The molecular weight excluding hydrogens is 220 g/mol. The molecule has 1 aromatic rings. The Morgan fingerprint density at radius 3 is 2.53 bits per heavy atom. The lowest BCUT2D eigenvalue weighted by molar-refractivity contribution is 0.476. The van der Waals surface area contributed by atoms with Crippen LogP contribution in [0, 0.1) is 11.6 Å². The van der Waals surface area contributed by atoms with Gasteiger partial charge in [0.05, 0.1) is 0 Å². The molecule has 2 N–H and O–H groups in total. The van der Waals surface area contributed by atoms with Crippen molar-refractivity contribution in [3.8, 4) is 0 Å². The molecule has 0 amide bonds. The Bertz CT molecular complexity index is 339. The highest BCUT2D eigenvalue weighted by atomic mass is 19.2. The maximum atomic E-state index is 13.4. The van der Waals surface area contributed by atoms with E-state index in [1.807, 2.05) is 0 Å². The van der Waals surface area contributed by atoms with Crippen LogP contribution in [-0.4, -0.2) is 0 Å². The van der Waals surface area contributed by atoms with E-state index >= 15 is 0 Å². The molecule has 0 fully saturated rings. The van der Waals surface area contributed by atoms with Gasteiger partial charge in [0.1, 0.15) is 0 Å². The average Bonchev–Trinajstić information content (AvgIpc) is 2.32. The summed E-state index contributed by atoms with van der Waals surface area (Å²) >= 11 is 0. The zero-order valence-electron chi connectivity index (χ0n) is 10.4. The van der Waals surface area contributed by atoms with E-state index in [4.69, 9.17) is 5.73 Å². The Labute approximate surface area is 102 Å². The van der Waals surface area contributed by atoms with E-state index in [0.29, 0.717) is 12.0 Å². The summed E-state index contributed by atoms with van der Waals surface area (Å²) in [6.45, 7) is 2.16. The van der Waals surface area contributed by atoms with Crippen molar-refractivity contribution >= 4 is 0 Å². The van der Waals surface area contributed by atoms with Crippen LogP contribution < -0.4 is 5.73 Å². The van der Waals surface area contributed by atoms with Crippen LogP contribution in [-0.2, 0) is 0 Å². The molecule has 0 aliphatic carbocycles. The molecule has 1 aromatic carbocycles. The van der Waals surface area contributed by atoms with Crippen LogP contribution >= 0.6 is 0 Å². The zero-order chi connectivity index (χ0) is 12.7. The molecule has 3 heteroatoms. The number of nitrogens with two attached hydrogens (primary N) is 1. The van der Waals surface area contributed by atoms with Crippen molar-refractivity contribution in [2.75, 3.05) is 0 Å². The highest BCUT2D eigenvalue weighted by Gasteiger charge is 2.13. The number of hydrogen-bond acceptors (Lipinski definition) is 1. The van der Waals surface area contributed by atoms with Crippen LogP contribution in [0.15, 0.2) is 18.2 Å². The molecule has 0 saturated heterocycles. The van der Waals surface area contributed by atoms with E-state index in [0.717, 1.165) is 18.9 Å². The lowest BCUT2D eigenvalue weighted by atomic mass is 10.00. The summed E-state index contributed by atoms with van der Waals surface area (Å²) in [5.74, 6) is -1.61. The van der Waals surface area contributed by atoms with Crippen molar-refractivity contribution in [1.29, 1.82) is 0 Å². The van der Waals surface area contributed by atoms with Gasteiger partial charge in [-0.05, 0) is 12.5 Å². The Morgan fingerprint density at radius 2 is 1.82 bits per heavy atom. The van der Waals surface area contributed by atoms with Crippen molar-refractivity contribution < 1.29 is 8.78 Å². The van der Waals surface area contributed by atoms with Crippen molar-refractivity contribution in [2.45, 2.75) is 51.5 Å². The van der Waals surface area contributed by atoms with Crippen LogP contribution in [0.5, 0.6) is 0 Å². The van der Waals surface area contributed by atoms with Gasteiger partial charge in [0.15, 0.2) is 11.6 Å². The molecule has 1 rings (SSSR count). The average molecular weight is 241 g/mol. The Hall–Kier alpha value is -0.960. The van der Waals surface area contributed by atoms with Gasteiger partial charge in [0.25, 0.3) is 0 Å². The van der Waals surface area contributed by atoms with Crippen LogP contribution in [0.1, 0.15) is 57.1 Å². The highest BCUT2D eigenvalue weighted by molar-refractivity contribution is 5.22. The van der Waals surface area contributed by atoms with E-state index in [9.17, 15) is 8.78 Å². The number of halogens is 2. The van der Waals surface area contributed by atoms with Crippen molar-refractivity contribution in [3.63, 3.8) is 0 Å². The van der Waals surface area contributed by atoms with Gasteiger partial charge in [0, 0.05) is 11.6 Å². The standard InChI is InChI=1S/C14H21F2N/c1-2-3-4-5-6-10-13(17)11-8-7-9-12(15)14(11)16/h7-9,13H,2-6,10,17H2,1H3. The Morgan fingerprint density at radius 1 is 1.12 bits per heavy atom. The summed E-state index contributed by atoms with van der Waals surface area (Å²) in [7, 11) is 0. The fourth-order valence-electron chi connectivity index (χ4n) is 1.93. The molecule has 0 bridgehead atoms. The number of rotatable bonds is 7. The molecule has 0 radical (unpaired) electrons. The molecule has 96 valence electrons. The van der Waals surface area contributed by atoms with Crippen LogP contribution in [0.2, 0.25) is 0 Å². The highest BCUT2D eigenvalue weighted by Crippen LogP contribution is 2.22. The van der Waals surface area contributed by atoms with Gasteiger partial charge in [-0.25, -0.2) is 8.78 Å². The van der Waals surface area contributed by atoms with Crippen LogP contribution in [0.25, 0.3) is 0 Å². The van der Waals surface area contributed by atoms with Gasteiger partial charge in [-0.3, -0.25) is 0 Å². The number of unbranched alkanes of at least 4 members (excludes halogenated alkanes) is 4. The third-order valence-corrected chi connectivity index (χ3v) is 3.00.